The molecule has 0 radical (unpaired) electrons. The fourth-order valence-electron chi connectivity index (χ4n) is 3.06. The largest absolute Gasteiger partial charge is 0.493 e. The zero-order valence-corrected chi connectivity index (χ0v) is 17.6. The van der Waals surface area contributed by atoms with Crippen LogP contribution in [-0.4, -0.2) is 48.4 Å². The van der Waals surface area contributed by atoms with E-state index in [0.717, 1.165) is 28.5 Å². The molecule has 2 N–H and O–H groups in total. The summed E-state index contributed by atoms with van der Waals surface area (Å²) in [5.41, 5.74) is 1.81. The predicted octanol–water partition coefficient (Wildman–Crippen LogP) is 2.39. The zero-order valence-electron chi connectivity index (χ0n) is 17.6. The average Bonchev–Trinajstić information content (AvgIpc) is 3.16. The van der Waals surface area contributed by atoms with Crippen LogP contribution in [0.3, 0.4) is 0 Å². The Bertz CT molecular complexity index is 996. The molecule has 0 amide bonds. The van der Waals surface area contributed by atoms with Crippen molar-refractivity contribution in [2.75, 3.05) is 27.8 Å². The zero-order chi connectivity index (χ0) is 20.9. The van der Waals surface area contributed by atoms with Crippen LogP contribution in [0.1, 0.15) is 25.2 Å². The number of pyridine rings is 1. The molecular weight excluding hydrogens is 368 g/mol. The summed E-state index contributed by atoms with van der Waals surface area (Å²) >= 11 is 0. The van der Waals surface area contributed by atoms with Crippen molar-refractivity contribution >= 4 is 11.6 Å². The number of guanidine groups is 1. The van der Waals surface area contributed by atoms with Gasteiger partial charge in [0.2, 0.25) is 0 Å². The number of rotatable bonds is 7. The van der Waals surface area contributed by atoms with Gasteiger partial charge in [-0.25, -0.2) is 0 Å². The average molecular weight is 396 g/mol. The smallest absolute Gasteiger partial charge is 0.191 e. The van der Waals surface area contributed by atoms with Gasteiger partial charge in [-0.1, -0.05) is 26.0 Å². The van der Waals surface area contributed by atoms with Gasteiger partial charge in [0.1, 0.15) is 0 Å². The molecule has 0 aliphatic rings. The summed E-state index contributed by atoms with van der Waals surface area (Å²) in [7, 11) is 5.03. The summed E-state index contributed by atoms with van der Waals surface area (Å²) in [6, 6.07) is 11.8. The lowest BCUT2D eigenvalue weighted by Crippen LogP contribution is -2.43. The Kier molecular flexibility index (Phi) is 6.21. The predicted molar refractivity (Wildman–Crippen MR) is 114 cm³/mol. The number of nitrogens with one attached hydrogen (secondary N) is 2. The van der Waals surface area contributed by atoms with Gasteiger partial charge in [-0.15, -0.1) is 10.2 Å². The minimum absolute atomic E-state index is 0.154. The molecule has 8 heteroatoms. The Morgan fingerprint density at radius 2 is 1.86 bits per heavy atom. The van der Waals surface area contributed by atoms with E-state index < -0.39 is 0 Å². The molecule has 0 saturated heterocycles. The third kappa shape index (κ3) is 4.59. The minimum atomic E-state index is -0.154. The Hall–Kier alpha value is -3.29. The molecule has 0 fully saturated rings. The van der Waals surface area contributed by atoms with Gasteiger partial charge in [0, 0.05) is 25.2 Å². The fourth-order valence-corrected chi connectivity index (χ4v) is 3.06. The number of ether oxygens (including phenoxy) is 2. The van der Waals surface area contributed by atoms with Gasteiger partial charge in [0.15, 0.2) is 28.9 Å². The molecule has 8 nitrogen and oxygen atoms in total. The number of methoxy groups -OCH3 is 2. The summed E-state index contributed by atoms with van der Waals surface area (Å²) < 4.78 is 12.7. The van der Waals surface area contributed by atoms with Gasteiger partial charge in [-0.2, -0.15) is 0 Å². The normalized spacial score (nSPS) is 12.1. The molecule has 0 aliphatic heterocycles. The monoisotopic (exact) mass is 396 g/mol. The van der Waals surface area contributed by atoms with E-state index >= 15 is 0 Å². The van der Waals surface area contributed by atoms with Gasteiger partial charge in [-0.05, 0) is 29.8 Å². The molecule has 1 aromatic carbocycles. The molecule has 0 unspecified atom stereocenters. The molecule has 154 valence electrons. The highest BCUT2D eigenvalue weighted by Crippen LogP contribution is 2.32. The number of hydrogen-bond donors (Lipinski definition) is 2. The maximum atomic E-state index is 5.44. The molecule has 0 bridgehead atoms. The molecule has 0 aliphatic carbocycles. The van der Waals surface area contributed by atoms with Crippen LogP contribution in [-0.2, 0) is 12.0 Å². The third-order valence-corrected chi connectivity index (χ3v) is 4.88. The van der Waals surface area contributed by atoms with Crippen molar-refractivity contribution in [1.82, 2.24) is 25.2 Å². The molecule has 0 spiro atoms. The molecule has 2 heterocycles. The topological polar surface area (TPSA) is 85.1 Å². The van der Waals surface area contributed by atoms with Gasteiger partial charge in [0.25, 0.3) is 0 Å². The molecule has 3 rings (SSSR count). The van der Waals surface area contributed by atoms with Crippen LogP contribution < -0.4 is 20.1 Å². The van der Waals surface area contributed by atoms with Gasteiger partial charge in [-0.3, -0.25) is 9.39 Å². The number of aromatic nitrogens is 3. The second-order valence-corrected chi connectivity index (χ2v) is 7.28. The number of benzene rings is 1. The van der Waals surface area contributed by atoms with Crippen molar-refractivity contribution in [1.29, 1.82) is 0 Å². The minimum Gasteiger partial charge on any atom is -0.493 e. The second-order valence-electron chi connectivity index (χ2n) is 7.28. The fraction of sp³-hybridized carbons (Fsp3) is 0.381. The Morgan fingerprint density at radius 1 is 1.07 bits per heavy atom. The van der Waals surface area contributed by atoms with E-state index in [2.05, 4.69) is 45.7 Å². The van der Waals surface area contributed by atoms with E-state index in [1.54, 1.807) is 21.3 Å². The maximum Gasteiger partial charge on any atom is 0.191 e. The number of fused-ring (bicyclic) bond motifs is 1. The quantitative estimate of drug-likeness (QED) is 0.471. The van der Waals surface area contributed by atoms with Crippen molar-refractivity contribution < 1.29 is 9.47 Å². The van der Waals surface area contributed by atoms with E-state index in [0.29, 0.717) is 19.0 Å². The lowest BCUT2D eigenvalue weighted by molar-refractivity contribution is 0.353. The molecule has 2 aromatic heterocycles. The first-order valence-corrected chi connectivity index (χ1v) is 9.44. The van der Waals surface area contributed by atoms with Crippen LogP contribution in [0.15, 0.2) is 47.6 Å². The Labute approximate surface area is 171 Å². The van der Waals surface area contributed by atoms with E-state index in [4.69, 9.17) is 9.47 Å². The summed E-state index contributed by atoms with van der Waals surface area (Å²) in [6.45, 7) is 5.53. The SMILES string of the molecule is CN=C(NCc1nnc2ccccn12)NCC(C)(C)c1ccc(OC)c(OC)c1. The summed E-state index contributed by atoms with van der Waals surface area (Å²) in [4.78, 5) is 4.32. The van der Waals surface area contributed by atoms with Crippen LogP contribution >= 0.6 is 0 Å². The highest BCUT2D eigenvalue weighted by atomic mass is 16.5. The maximum absolute atomic E-state index is 5.44. The van der Waals surface area contributed by atoms with E-state index in [1.165, 1.54) is 0 Å². The van der Waals surface area contributed by atoms with Crippen molar-refractivity contribution in [3.63, 3.8) is 0 Å². The lowest BCUT2D eigenvalue weighted by Gasteiger charge is -2.27. The van der Waals surface area contributed by atoms with Crippen LogP contribution in [0.5, 0.6) is 11.5 Å². The van der Waals surface area contributed by atoms with Crippen LogP contribution in [0.4, 0.5) is 0 Å². The number of aliphatic imine (C=N–C) groups is 1. The third-order valence-electron chi connectivity index (χ3n) is 4.88. The molecule has 3 aromatic rings. The first-order valence-electron chi connectivity index (χ1n) is 9.44. The van der Waals surface area contributed by atoms with Crippen LogP contribution in [0.2, 0.25) is 0 Å². The Balaban J connectivity index is 1.63. The van der Waals surface area contributed by atoms with Crippen molar-refractivity contribution in [2.24, 2.45) is 4.99 Å². The summed E-state index contributed by atoms with van der Waals surface area (Å²) in [6.07, 6.45) is 1.95. The van der Waals surface area contributed by atoms with Crippen LogP contribution in [0.25, 0.3) is 5.65 Å². The van der Waals surface area contributed by atoms with Gasteiger partial charge in [0.05, 0.1) is 20.8 Å². The van der Waals surface area contributed by atoms with Crippen molar-refractivity contribution in [2.45, 2.75) is 25.8 Å². The number of nitrogens with zero attached hydrogens (tertiary/aromatic N) is 4. The van der Waals surface area contributed by atoms with Crippen LogP contribution in [0, 0.1) is 0 Å². The standard InChI is InChI=1S/C21H28N6O2/c1-21(2,15-9-10-16(28-4)17(12-15)29-5)14-24-20(22-3)23-13-19-26-25-18-8-6-7-11-27(18)19/h6-12H,13-14H2,1-5H3,(H2,22,23,24). The molecular formula is C21H28N6O2. The second kappa shape index (κ2) is 8.81. The molecule has 29 heavy (non-hydrogen) atoms. The van der Waals surface area contributed by atoms with Crippen molar-refractivity contribution in [3.8, 4) is 11.5 Å². The van der Waals surface area contributed by atoms with E-state index in [1.807, 2.05) is 40.9 Å². The molecule has 0 saturated carbocycles. The highest BCUT2D eigenvalue weighted by molar-refractivity contribution is 5.79. The summed E-state index contributed by atoms with van der Waals surface area (Å²) in [5.74, 6) is 2.96. The lowest BCUT2D eigenvalue weighted by atomic mass is 9.84. The van der Waals surface area contributed by atoms with Gasteiger partial charge >= 0.3 is 0 Å². The Morgan fingerprint density at radius 3 is 2.59 bits per heavy atom. The van der Waals surface area contributed by atoms with Crippen molar-refractivity contribution in [3.05, 3.63) is 54.0 Å². The summed E-state index contributed by atoms with van der Waals surface area (Å²) in [5, 5.41) is 15.1. The first-order chi connectivity index (χ1) is 14.0. The first kappa shape index (κ1) is 20.4. The van der Waals surface area contributed by atoms with E-state index in [9.17, 15) is 0 Å². The van der Waals surface area contributed by atoms with E-state index in [-0.39, 0.29) is 5.41 Å². The van der Waals surface area contributed by atoms with Gasteiger partial charge < -0.3 is 20.1 Å². The number of hydrogen-bond acceptors (Lipinski definition) is 5. The molecule has 0 atom stereocenters. The highest BCUT2D eigenvalue weighted by Gasteiger charge is 2.23.